The van der Waals surface area contributed by atoms with Gasteiger partial charge < -0.3 is 20.9 Å². The minimum atomic E-state index is 0.0442. The number of amidine groups is 1. The number of nitrogens with zero attached hydrogens (tertiary/aromatic N) is 3. The standard InChI is InChI=1S/C14H22N4O2/c1-9-7-10(2)16-14(12(9)13(15)17-20)18-6-4-3-5-11(18)8-19/h7,11,19-20H,3-6,8H2,1-2H3,(H2,15,17). The Bertz CT molecular complexity index is 516. The zero-order valence-corrected chi connectivity index (χ0v) is 12.0. The van der Waals surface area contributed by atoms with Crippen LogP contribution in [0.25, 0.3) is 0 Å². The predicted octanol–water partition coefficient (Wildman–Crippen LogP) is 1.14. The molecule has 0 radical (unpaired) electrons. The first-order valence-electron chi connectivity index (χ1n) is 6.92. The molecular weight excluding hydrogens is 256 g/mol. The number of hydrogen-bond acceptors (Lipinski definition) is 5. The van der Waals surface area contributed by atoms with Gasteiger partial charge in [0.15, 0.2) is 5.84 Å². The summed E-state index contributed by atoms with van der Waals surface area (Å²) < 4.78 is 0. The van der Waals surface area contributed by atoms with E-state index in [1.807, 2.05) is 19.9 Å². The number of aryl methyl sites for hydroxylation is 2. The van der Waals surface area contributed by atoms with Crippen LogP contribution < -0.4 is 10.6 Å². The average molecular weight is 278 g/mol. The molecule has 1 fully saturated rings. The van der Waals surface area contributed by atoms with Gasteiger partial charge >= 0.3 is 0 Å². The molecule has 0 amide bonds. The summed E-state index contributed by atoms with van der Waals surface area (Å²) in [5.74, 6) is 0.767. The second kappa shape index (κ2) is 6.09. The minimum Gasteiger partial charge on any atom is -0.409 e. The molecule has 110 valence electrons. The zero-order chi connectivity index (χ0) is 14.7. The van der Waals surface area contributed by atoms with Gasteiger partial charge in [0.1, 0.15) is 5.82 Å². The summed E-state index contributed by atoms with van der Waals surface area (Å²) in [6.07, 6.45) is 3.09. The van der Waals surface area contributed by atoms with Crippen molar-refractivity contribution in [2.75, 3.05) is 18.1 Å². The second-order valence-corrected chi connectivity index (χ2v) is 5.29. The molecule has 0 saturated carbocycles. The van der Waals surface area contributed by atoms with Crippen molar-refractivity contribution in [3.05, 3.63) is 22.9 Å². The van der Waals surface area contributed by atoms with Gasteiger partial charge in [-0.15, -0.1) is 0 Å². The number of hydrogen-bond donors (Lipinski definition) is 3. The highest BCUT2D eigenvalue weighted by Crippen LogP contribution is 2.28. The minimum absolute atomic E-state index is 0.0442. The van der Waals surface area contributed by atoms with E-state index < -0.39 is 0 Å². The highest BCUT2D eigenvalue weighted by molar-refractivity contribution is 6.02. The van der Waals surface area contributed by atoms with Gasteiger partial charge in [0.05, 0.1) is 18.2 Å². The summed E-state index contributed by atoms with van der Waals surface area (Å²) in [7, 11) is 0. The third-order valence-electron chi connectivity index (χ3n) is 3.80. The van der Waals surface area contributed by atoms with Crippen molar-refractivity contribution in [2.45, 2.75) is 39.2 Å². The van der Waals surface area contributed by atoms with Crippen molar-refractivity contribution in [3.63, 3.8) is 0 Å². The molecule has 0 aromatic carbocycles. The van der Waals surface area contributed by atoms with Crippen molar-refractivity contribution < 1.29 is 10.3 Å². The van der Waals surface area contributed by atoms with Crippen LogP contribution in [-0.4, -0.2) is 40.3 Å². The number of nitrogens with two attached hydrogens (primary N) is 1. The summed E-state index contributed by atoms with van der Waals surface area (Å²) in [5, 5.41) is 21.7. The molecule has 2 heterocycles. The highest BCUT2D eigenvalue weighted by Gasteiger charge is 2.27. The van der Waals surface area contributed by atoms with Crippen LogP contribution in [0.2, 0.25) is 0 Å². The SMILES string of the molecule is Cc1cc(C)c(C(N)=NO)c(N2CCCCC2CO)n1. The maximum atomic E-state index is 9.57. The molecule has 4 N–H and O–H groups in total. The van der Waals surface area contributed by atoms with Crippen molar-refractivity contribution >= 4 is 11.7 Å². The molecule has 1 aliphatic heterocycles. The van der Waals surface area contributed by atoms with Gasteiger partial charge in [0, 0.05) is 12.2 Å². The van der Waals surface area contributed by atoms with E-state index in [2.05, 4.69) is 15.0 Å². The normalized spacial score (nSPS) is 20.2. The number of aliphatic hydroxyl groups excluding tert-OH is 1. The summed E-state index contributed by atoms with van der Waals surface area (Å²) in [5.41, 5.74) is 8.27. The van der Waals surface area contributed by atoms with E-state index in [9.17, 15) is 5.11 Å². The molecule has 1 atom stereocenters. The van der Waals surface area contributed by atoms with Gasteiger partial charge in [-0.3, -0.25) is 0 Å². The summed E-state index contributed by atoms with van der Waals surface area (Å²) in [6, 6.07) is 1.96. The molecule has 6 nitrogen and oxygen atoms in total. The Morgan fingerprint density at radius 3 is 2.90 bits per heavy atom. The Morgan fingerprint density at radius 2 is 2.25 bits per heavy atom. The Labute approximate surface area is 118 Å². The molecule has 1 saturated heterocycles. The molecule has 1 aromatic rings. The monoisotopic (exact) mass is 278 g/mol. The van der Waals surface area contributed by atoms with Crippen molar-refractivity contribution in [3.8, 4) is 0 Å². The molecule has 20 heavy (non-hydrogen) atoms. The number of aromatic nitrogens is 1. The van der Waals surface area contributed by atoms with Gasteiger partial charge in [-0.2, -0.15) is 0 Å². The van der Waals surface area contributed by atoms with Crippen LogP contribution >= 0.6 is 0 Å². The van der Waals surface area contributed by atoms with E-state index >= 15 is 0 Å². The summed E-state index contributed by atoms with van der Waals surface area (Å²) >= 11 is 0. The number of pyridine rings is 1. The maximum Gasteiger partial charge on any atom is 0.174 e. The van der Waals surface area contributed by atoms with Gasteiger partial charge in [-0.25, -0.2) is 4.98 Å². The first-order valence-corrected chi connectivity index (χ1v) is 6.92. The lowest BCUT2D eigenvalue weighted by molar-refractivity contribution is 0.239. The van der Waals surface area contributed by atoms with E-state index in [0.29, 0.717) is 11.4 Å². The van der Waals surface area contributed by atoms with Crippen molar-refractivity contribution in [1.29, 1.82) is 0 Å². The second-order valence-electron chi connectivity index (χ2n) is 5.29. The fourth-order valence-corrected chi connectivity index (χ4v) is 2.86. The van der Waals surface area contributed by atoms with Gasteiger partial charge in [-0.1, -0.05) is 5.16 Å². The van der Waals surface area contributed by atoms with Crippen LogP contribution in [0.4, 0.5) is 5.82 Å². The topological polar surface area (TPSA) is 95.0 Å². The number of aliphatic hydroxyl groups is 1. The Balaban J connectivity index is 2.53. The van der Waals surface area contributed by atoms with E-state index in [1.165, 1.54) is 0 Å². The third-order valence-corrected chi connectivity index (χ3v) is 3.80. The van der Waals surface area contributed by atoms with Gasteiger partial charge in [0.25, 0.3) is 0 Å². The summed E-state index contributed by atoms with van der Waals surface area (Å²) in [4.78, 5) is 6.65. The zero-order valence-electron chi connectivity index (χ0n) is 12.0. The van der Waals surface area contributed by atoms with Crippen LogP contribution in [0.5, 0.6) is 0 Å². The molecule has 0 aliphatic carbocycles. The quantitative estimate of drug-likeness (QED) is 0.333. The van der Waals surface area contributed by atoms with E-state index in [0.717, 1.165) is 37.1 Å². The number of oxime groups is 1. The van der Waals surface area contributed by atoms with Crippen molar-refractivity contribution in [2.24, 2.45) is 10.9 Å². The summed E-state index contributed by atoms with van der Waals surface area (Å²) in [6.45, 7) is 4.75. The Kier molecular flexibility index (Phi) is 4.44. The Hall–Kier alpha value is -1.82. The van der Waals surface area contributed by atoms with Crippen LogP contribution in [-0.2, 0) is 0 Å². The van der Waals surface area contributed by atoms with E-state index in [1.54, 1.807) is 0 Å². The highest BCUT2D eigenvalue weighted by atomic mass is 16.4. The molecule has 1 aromatic heterocycles. The number of piperidine rings is 1. The lowest BCUT2D eigenvalue weighted by Gasteiger charge is -2.37. The lowest BCUT2D eigenvalue weighted by Crippen LogP contribution is -2.43. The average Bonchev–Trinajstić information content (AvgIpc) is 2.45. The smallest absolute Gasteiger partial charge is 0.174 e. The Morgan fingerprint density at radius 1 is 1.50 bits per heavy atom. The van der Waals surface area contributed by atoms with Crippen LogP contribution in [0, 0.1) is 13.8 Å². The van der Waals surface area contributed by atoms with Crippen LogP contribution in [0.15, 0.2) is 11.2 Å². The molecule has 0 spiro atoms. The van der Waals surface area contributed by atoms with E-state index in [4.69, 9.17) is 10.9 Å². The molecule has 1 aliphatic rings. The van der Waals surface area contributed by atoms with Crippen molar-refractivity contribution in [1.82, 2.24) is 4.98 Å². The molecular formula is C14H22N4O2. The fourth-order valence-electron chi connectivity index (χ4n) is 2.86. The predicted molar refractivity (Wildman–Crippen MR) is 78.3 cm³/mol. The lowest BCUT2D eigenvalue weighted by atomic mass is 10.0. The van der Waals surface area contributed by atoms with Gasteiger partial charge in [0.2, 0.25) is 0 Å². The van der Waals surface area contributed by atoms with Crippen LogP contribution in [0.3, 0.4) is 0 Å². The number of anilines is 1. The first-order chi connectivity index (χ1) is 9.58. The van der Waals surface area contributed by atoms with Gasteiger partial charge in [-0.05, 0) is 44.7 Å². The third kappa shape index (κ3) is 2.70. The molecule has 2 rings (SSSR count). The first kappa shape index (κ1) is 14.6. The van der Waals surface area contributed by atoms with Crippen LogP contribution in [0.1, 0.15) is 36.1 Å². The van der Waals surface area contributed by atoms with E-state index in [-0.39, 0.29) is 18.5 Å². The molecule has 1 unspecified atom stereocenters. The fraction of sp³-hybridized carbons (Fsp3) is 0.571. The number of rotatable bonds is 3. The maximum absolute atomic E-state index is 9.57. The molecule has 6 heteroatoms. The largest absolute Gasteiger partial charge is 0.409 e. The molecule has 0 bridgehead atoms.